The second-order valence-corrected chi connectivity index (χ2v) is 8.66. The number of methoxy groups -OCH3 is 1. The number of amides is 1. The number of nitrogens with one attached hydrogen (secondary N) is 1. The topological polar surface area (TPSA) is 94.4 Å². The fourth-order valence-corrected chi connectivity index (χ4v) is 2.94. The van der Waals surface area contributed by atoms with Crippen molar-refractivity contribution in [3.05, 3.63) is 46.9 Å². The molecule has 0 bridgehead atoms. The summed E-state index contributed by atoms with van der Waals surface area (Å²) in [5.74, 6) is 0.901. The molecule has 2 rings (SSSR count). The number of aryl methyl sites for hydroxylation is 1. The standard InChI is InChI=1S/C22H30N6O2/c1-15-10-20(25-19(12-23)24-15)28(14-22(2,3)4)26-21(29)16-8-9-17(13-27(5)6)18(11-16)30-7/h8-11H,13-14H2,1-7H3,(H,26,29). The highest BCUT2D eigenvalue weighted by molar-refractivity contribution is 5.95. The predicted octanol–water partition coefficient (Wildman–Crippen LogP) is 2.92. The molecule has 0 radical (unpaired) electrons. The van der Waals surface area contributed by atoms with Gasteiger partial charge in [-0.05, 0) is 38.6 Å². The molecule has 0 unspecified atom stereocenters. The Balaban J connectivity index is 2.35. The van der Waals surface area contributed by atoms with E-state index in [9.17, 15) is 10.1 Å². The van der Waals surface area contributed by atoms with E-state index in [-0.39, 0.29) is 17.1 Å². The Kier molecular flexibility index (Phi) is 7.35. The summed E-state index contributed by atoms with van der Waals surface area (Å²) >= 11 is 0. The highest BCUT2D eigenvalue weighted by atomic mass is 16.5. The van der Waals surface area contributed by atoms with Crippen molar-refractivity contribution < 1.29 is 9.53 Å². The van der Waals surface area contributed by atoms with Crippen molar-refractivity contribution in [1.82, 2.24) is 20.3 Å². The lowest BCUT2D eigenvalue weighted by molar-refractivity contribution is 0.0944. The molecule has 1 aromatic heterocycles. The number of rotatable bonds is 7. The first kappa shape index (κ1) is 23.1. The Labute approximate surface area is 178 Å². The van der Waals surface area contributed by atoms with Gasteiger partial charge in [0.25, 0.3) is 5.91 Å². The summed E-state index contributed by atoms with van der Waals surface area (Å²) in [6.07, 6.45) is 0. The maximum absolute atomic E-state index is 13.0. The van der Waals surface area contributed by atoms with Crippen molar-refractivity contribution in [2.75, 3.05) is 32.8 Å². The number of carbonyl (C=O) groups is 1. The molecule has 0 saturated heterocycles. The monoisotopic (exact) mass is 410 g/mol. The zero-order valence-electron chi connectivity index (χ0n) is 18.8. The summed E-state index contributed by atoms with van der Waals surface area (Å²) in [5.41, 5.74) is 4.91. The van der Waals surface area contributed by atoms with Crippen LogP contribution >= 0.6 is 0 Å². The van der Waals surface area contributed by atoms with Gasteiger partial charge in [0.2, 0.25) is 5.82 Å². The lowest BCUT2D eigenvalue weighted by Gasteiger charge is -2.31. The number of nitriles is 1. The number of hydrogen-bond acceptors (Lipinski definition) is 7. The van der Waals surface area contributed by atoms with Crippen LogP contribution in [0.5, 0.6) is 5.75 Å². The van der Waals surface area contributed by atoms with Gasteiger partial charge < -0.3 is 9.64 Å². The van der Waals surface area contributed by atoms with Crippen LogP contribution in [-0.4, -0.2) is 48.5 Å². The second kappa shape index (κ2) is 9.55. The van der Waals surface area contributed by atoms with E-state index in [1.165, 1.54) is 0 Å². The van der Waals surface area contributed by atoms with Gasteiger partial charge in [0.1, 0.15) is 11.8 Å². The van der Waals surface area contributed by atoms with E-state index in [2.05, 4.69) is 36.2 Å². The Hall–Kier alpha value is -3.18. The van der Waals surface area contributed by atoms with E-state index in [1.807, 2.05) is 31.1 Å². The maximum Gasteiger partial charge on any atom is 0.269 e. The molecule has 0 saturated carbocycles. The molecule has 1 N–H and O–H groups in total. The van der Waals surface area contributed by atoms with Gasteiger partial charge in [0.15, 0.2) is 5.82 Å². The number of benzene rings is 1. The molecule has 2 aromatic rings. The smallest absolute Gasteiger partial charge is 0.269 e. The molecule has 0 aliphatic carbocycles. The molecule has 30 heavy (non-hydrogen) atoms. The van der Waals surface area contributed by atoms with Gasteiger partial charge in [-0.3, -0.25) is 15.2 Å². The third-order valence-corrected chi connectivity index (χ3v) is 4.12. The Morgan fingerprint density at radius 3 is 2.50 bits per heavy atom. The zero-order chi connectivity index (χ0) is 22.5. The van der Waals surface area contributed by atoms with Crippen molar-refractivity contribution >= 4 is 11.7 Å². The molecule has 0 atom stereocenters. The molecular formula is C22H30N6O2. The van der Waals surface area contributed by atoms with Gasteiger partial charge in [-0.15, -0.1) is 0 Å². The number of aromatic nitrogens is 2. The minimum Gasteiger partial charge on any atom is -0.496 e. The van der Waals surface area contributed by atoms with Crippen LogP contribution in [0.3, 0.4) is 0 Å². The number of nitrogens with zero attached hydrogens (tertiary/aromatic N) is 5. The second-order valence-electron chi connectivity index (χ2n) is 8.66. The summed E-state index contributed by atoms with van der Waals surface area (Å²) in [6, 6.07) is 9.11. The molecule has 0 fully saturated rings. The van der Waals surface area contributed by atoms with Crippen molar-refractivity contribution in [3.63, 3.8) is 0 Å². The number of ether oxygens (including phenoxy) is 1. The van der Waals surface area contributed by atoms with Crippen LogP contribution < -0.4 is 15.2 Å². The predicted molar refractivity (Wildman–Crippen MR) is 116 cm³/mol. The lowest BCUT2D eigenvalue weighted by Crippen LogP contribution is -2.47. The molecular weight excluding hydrogens is 380 g/mol. The Bertz CT molecular complexity index is 944. The van der Waals surface area contributed by atoms with Crippen LogP contribution in [0.25, 0.3) is 0 Å². The summed E-state index contributed by atoms with van der Waals surface area (Å²) in [6.45, 7) is 9.17. The molecule has 1 heterocycles. The van der Waals surface area contributed by atoms with E-state index < -0.39 is 0 Å². The molecule has 0 spiro atoms. The molecule has 160 valence electrons. The van der Waals surface area contributed by atoms with Gasteiger partial charge in [0, 0.05) is 36.0 Å². The Morgan fingerprint density at radius 1 is 1.23 bits per heavy atom. The molecule has 0 aliphatic heterocycles. The van der Waals surface area contributed by atoms with Gasteiger partial charge in [-0.25, -0.2) is 4.98 Å². The first-order chi connectivity index (χ1) is 14.0. The third-order valence-electron chi connectivity index (χ3n) is 4.12. The number of hydrogen-bond donors (Lipinski definition) is 1. The van der Waals surface area contributed by atoms with Crippen LogP contribution in [0.15, 0.2) is 24.3 Å². The zero-order valence-corrected chi connectivity index (χ0v) is 18.8. The van der Waals surface area contributed by atoms with Crippen molar-refractivity contribution in [3.8, 4) is 11.8 Å². The minimum absolute atomic E-state index is 0.0628. The van der Waals surface area contributed by atoms with E-state index in [1.54, 1.807) is 37.2 Å². The quantitative estimate of drug-likeness (QED) is 0.701. The highest BCUT2D eigenvalue weighted by Gasteiger charge is 2.22. The summed E-state index contributed by atoms with van der Waals surface area (Å²) in [4.78, 5) is 23.4. The molecule has 0 aliphatic rings. The van der Waals surface area contributed by atoms with Gasteiger partial charge in [-0.1, -0.05) is 26.8 Å². The first-order valence-corrected chi connectivity index (χ1v) is 9.68. The largest absolute Gasteiger partial charge is 0.496 e. The summed E-state index contributed by atoms with van der Waals surface area (Å²) in [7, 11) is 5.54. The van der Waals surface area contributed by atoms with Crippen LogP contribution in [0.2, 0.25) is 0 Å². The number of anilines is 1. The van der Waals surface area contributed by atoms with Crippen LogP contribution in [0.1, 0.15) is 48.2 Å². The van der Waals surface area contributed by atoms with Gasteiger partial charge in [-0.2, -0.15) is 10.2 Å². The van der Waals surface area contributed by atoms with Crippen LogP contribution in [-0.2, 0) is 6.54 Å². The molecule has 8 heteroatoms. The molecule has 8 nitrogen and oxygen atoms in total. The highest BCUT2D eigenvalue weighted by Crippen LogP contribution is 2.23. The van der Waals surface area contributed by atoms with Gasteiger partial charge in [0.05, 0.1) is 7.11 Å². The van der Waals surface area contributed by atoms with Crippen LogP contribution in [0.4, 0.5) is 5.82 Å². The fraction of sp³-hybridized carbons (Fsp3) is 0.455. The normalized spacial score (nSPS) is 11.2. The third kappa shape index (κ3) is 6.42. The number of carbonyl (C=O) groups excluding carboxylic acids is 1. The lowest BCUT2D eigenvalue weighted by atomic mass is 9.96. The van der Waals surface area contributed by atoms with E-state index in [4.69, 9.17) is 4.74 Å². The van der Waals surface area contributed by atoms with Crippen molar-refractivity contribution in [1.29, 1.82) is 5.26 Å². The summed E-state index contributed by atoms with van der Waals surface area (Å²) in [5, 5.41) is 10.9. The Morgan fingerprint density at radius 2 is 1.93 bits per heavy atom. The minimum atomic E-state index is -0.288. The van der Waals surface area contributed by atoms with E-state index >= 15 is 0 Å². The first-order valence-electron chi connectivity index (χ1n) is 9.68. The van der Waals surface area contributed by atoms with Crippen molar-refractivity contribution in [2.45, 2.75) is 34.2 Å². The molecule has 1 amide bonds. The van der Waals surface area contributed by atoms with Crippen molar-refractivity contribution in [2.24, 2.45) is 5.41 Å². The maximum atomic E-state index is 13.0. The molecule has 1 aromatic carbocycles. The average molecular weight is 411 g/mol. The average Bonchev–Trinajstić information content (AvgIpc) is 2.65. The summed E-state index contributed by atoms with van der Waals surface area (Å²) < 4.78 is 5.48. The number of hydrazine groups is 1. The van der Waals surface area contributed by atoms with E-state index in [0.29, 0.717) is 35.9 Å². The van der Waals surface area contributed by atoms with Gasteiger partial charge >= 0.3 is 0 Å². The SMILES string of the molecule is COc1cc(C(=O)NN(CC(C)(C)C)c2cc(C)nc(C#N)n2)ccc1CN(C)C. The fourth-order valence-electron chi connectivity index (χ4n) is 2.94. The van der Waals surface area contributed by atoms with E-state index in [0.717, 1.165) is 5.56 Å². The van der Waals surface area contributed by atoms with Crippen LogP contribution in [0, 0.1) is 23.7 Å².